The number of para-hydroxylation sites is 2. The van der Waals surface area contributed by atoms with Crippen LogP contribution in [0.25, 0.3) is 11.0 Å². The second-order valence-corrected chi connectivity index (χ2v) is 7.91. The second-order valence-electron chi connectivity index (χ2n) is 7.91. The van der Waals surface area contributed by atoms with E-state index < -0.39 is 0 Å². The van der Waals surface area contributed by atoms with Gasteiger partial charge in [-0.05, 0) is 67.8 Å². The van der Waals surface area contributed by atoms with Crippen LogP contribution in [0.1, 0.15) is 35.9 Å². The first-order valence-corrected chi connectivity index (χ1v) is 11.3. The van der Waals surface area contributed by atoms with E-state index in [4.69, 9.17) is 9.47 Å². The van der Waals surface area contributed by atoms with E-state index in [1.54, 1.807) is 0 Å². The second kappa shape index (κ2) is 10.8. The monoisotopic (exact) mass is 429 g/mol. The summed E-state index contributed by atoms with van der Waals surface area (Å²) >= 11 is 0. The number of H-pyrrole nitrogens is 1. The quantitative estimate of drug-likeness (QED) is 0.306. The molecule has 0 unspecified atom stereocenters. The molecule has 32 heavy (non-hydrogen) atoms. The van der Waals surface area contributed by atoms with Crippen molar-refractivity contribution in [2.45, 2.75) is 39.8 Å². The lowest BCUT2D eigenvalue weighted by Gasteiger charge is -2.14. The van der Waals surface area contributed by atoms with E-state index in [9.17, 15) is 0 Å². The van der Waals surface area contributed by atoms with Gasteiger partial charge < -0.3 is 19.8 Å². The molecule has 0 radical (unpaired) electrons. The van der Waals surface area contributed by atoms with Crippen LogP contribution < -0.4 is 14.8 Å². The predicted octanol–water partition coefficient (Wildman–Crippen LogP) is 5.57. The minimum Gasteiger partial charge on any atom is -0.490 e. The van der Waals surface area contributed by atoms with Gasteiger partial charge in [0, 0.05) is 13.0 Å². The molecule has 0 amide bonds. The van der Waals surface area contributed by atoms with Gasteiger partial charge >= 0.3 is 0 Å². The van der Waals surface area contributed by atoms with Gasteiger partial charge in [0.25, 0.3) is 0 Å². The number of aromatic nitrogens is 2. The van der Waals surface area contributed by atoms with Crippen molar-refractivity contribution in [2.24, 2.45) is 0 Å². The number of benzene rings is 3. The third kappa shape index (κ3) is 5.68. The summed E-state index contributed by atoms with van der Waals surface area (Å²) in [6.45, 7) is 6.95. The lowest BCUT2D eigenvalue weighted by atomic mass is 10.1. The molecule has 1 aromatic heterocycles. The van der Waals surface area contributed by atoms with Gasteiger partial charge in [-0.1, -0.05) is 42.5 Å². The van der Waals surface area contributed by atoms with Crippen LogP contribution in [0.5, 0.6) is 11.5 Å². The smallest absolute Gasteiger partial charge is 0.161 e. The van der Waals surface area contributed by atoms with E-state index in [0.717, 1.165) is 54.3 Å². The van der Waals surface area contributed by atoms with Crippen molar-refractivity contribution in [3.05, 3.63) is 89.2 Å². The summed E-state index contributed by atoms with van der Waals surface area (Å²) in [5, 5.41) is 3.52. The zero-order valence-corrected chi connectivity index (χ0v) is 18.9. The Kier molecular flexibility index (Phi) is 7.41. The number of aryl methyl sites for hydroxylation is 2. The Morgan fingerprint density at radius 1 is 0.938 bits per heavy atom. The maximum absolute atomic E-state index is 6.07. The molecule has 3 aromatic carbocycles. The molecule has 0 spiro atoms. The Bertz CT molecular complexity index is 1120. The fourth-order valence-electron chi connectivity index (χ4n) is 3.72. The molecule has 1 heterocycles. The highest BCUT2D eigenvalue weighted by atomic mass is 16.5. The Morgan fingerprint density at radius 2 is 1.78 bits per heavy atom. The highest BCUT2D eigenvalue weighted by Gasteiger charge is 2.08. The maximum Gasteiger partial charge on any atom is 0.161 e. The predicted molar refractivity (Wildman–Crippen MR) is 129 cm³/mol. The van der Waals surface area contributed by atoms with Gasteiger partial charge in [0.1, 0.15) is 12.4 Å². The first-order chi connectivity index (χ1) is 15.7. The molecule has 0 atom stereocenters. The number of fused-ring (bicyclic) bond motifs is 1. The van der Waals surface area contributed by atoms with Gasteiger partial charge in [0.2, 0.25) is 0 Å². The normalized spacial score (nSPS) is 11.1. The van der Waals surface area contributed by atoms with Crippen LogP contribution in [-0.4, -0.2) is 23.1 Å². The van der Waals surface area contributed by atoms with E-state index in [-0.39, 0.29) is 0 Å². The first kappa shape index (κ1) is 21.9. The molecule has 0 fully saturated rings. The average molecular weight is 430 g/mol. The number of hydrogen-bond acceptors (Lipinski definition) is 4. The molecule has 0 saturated heterocycles. The SMILES string of the molecule is CCOc1cc(CNCCCc2nc3ccccc3[nH]2)ccc1OCc1ccccc1C. The van der Waals surface area contributed by atoms with Gasteiger partial charge in [-0.3, -0.25) is 0 Å². The van der Waals surface area contributed by atoms with Crippen molar-refractivity contribution in [2.75, 3.05) is 13.2 Å². The number of aromatic amines is 1. The molecular weight excluding hydrogens is 398 g/mol. The molecule has 4 rings (SSSR count). The van der Waals surface area contributed by atoms with Gasteiger partial charge in [-0.15, -0.1) is 0 Å². The number of imidazole rings is 1. The zero-order chi connectivity index (χ0) is 22.2. The van der Waals surface area contributed by atoms with E-state index in [2.05, 4.69) is 52.5 Å². The Balaban J connectivity index is 1.27. The van der Waals surface area contributed by atoms with Crippen LogP contribution in [0, 0.1) is 6.92 Å². The van der Waals surface area contributed by atoms with E-state index in [0.29, 0.717) is 13.2 Å². The third-order valence-electron chi connectivity index (χ3n) is 5.49. The van der Waals surface area contributed by atoms with Crippen LogP contribution in [0.4, 0.5) is 0 Å². The Labute approximate surface area is 189 Å². The zero-order valence-electron chi connectivity index (χ0n) is 18.9. The van der Waals surface area contributed by atoms with E-state index >= 15 is 0 Å². The van der Waals surface area contributed by atoms with Crippen LogP contribution in [0.3, 0.4) is 0 Å². The summed E-state index contributed by atoms with van der Waals surface area (Å²) in [7, 11) is 0. The van der Waals surface area contributed by atoms with E-state index in [1.807, 2.05) is 43.3 Å². The van der Waals surface area contributed by atoms with Gasteiger partial charge in [-0.2, -0.15) is 0 Å². The highest BCUT2D eigenvalue weighted by Crippen LogP contribution is 2.29. The first-order valence-electron chi connectivity index (χ1n) is 11.3. The lowest BCUT2D eigenvalue weighted by Crippen LogP contribution is -2.15. The Morgan fingerprint density at radius 3 is 2.62 bits per heavy atom. The molecule has 5 heteroatoms. The molecule has 0 aliphatic heterocycles. The minimum absolute atomic E-state index is 0.534. The van der Waals surface area contributed by atoms with E-state index in [1.165, 1.54) is 16.7 Å². The number of ether oxygens (including phenoxy) is 2. The lowest BCUT2D eigenvalue weighted by molar-refractivity contribution is 0.268. The molecule has 0 saturated carbocycles. The Hall–Kier alpha value is -3.31. The maximum atomic E-state index is 6.07. The molecule has 0 aliphatic carbocycles. The van der Waals surface area contributed by atoms with Crippen LogP contribution >= 0.6 is 0 Å². The van der Waals surface area contributed by atoms with Gasteiger partial charge in [0.05, 0.1) is 17.6 Å². The molecule has 2 N–H and O–H groups in total. The number of rotatable bonds is 11. The van der Waals surface area contributed by atoms with Gasteiger partial charge in [-0.25, -0.2) is 4.98 Å². The van der Waals surface area contributed by atoms with Crippen molar-refractivity contribution in [1.82, 2.24) is 15.3 Å². The van der Waals surface area contributed by atoms with Crippen LogP contribution in [-0.2, 0) is 19.6 Å². The number of nitrogens with zero attached hydrogens (tertiary/aromatic N) is 1. The summed E-state index contributed by atoms with van der Waals surface area (Å²) in [6, 6.07) is 22.6. The van der Waals surface area contributed by atoms with Crippen LogP contribution in [0.2, 0.25) is 0 Å². The van der Waals surface area contributed by atoms with Crippen LogP contribution in [0.15, 0.2) is 66.7 Å². The molecule has 166 valence electrons. The molecular formula is C27H31N3O2. The molecule has 5 nitrogen and oxygen atoms in total. The largest absolute Gasteiger partial charge is 0.490 e. The van der Waals surface area contributed by atoms with Gasteiger partial charge in [0.15, 0.2) is 11.5 Å². The average Bonchev–Trinajstić information content (AvgIpc) is 3.22. The topological polar surface area (TPSA) is 59.2 Å². The van der Waals surface area contributed by atoms with Crippen molar-refractivity contribution in [1.29, 1.82) is 0 Å². The van der Waals surface area contributed by atoms with Crippen molar-refractivity contribution >= 4 is 11.0 Å². The molecule has 0 bridgehead atoms. The van der Waals surface area contributed by atoms with Crippen molar-refractivity contribution in [3.63, 3.8) is 0 Å². The summed E-state index contributed by atoms with van der Waals surface area (Å²) in [5.41, 5.74) is 5.73. The molecule has 0 aliphatic rings. The standard InChI is InChI=1S/C27H31N3O2/c1-3-31-26-17-21(14-15-25(26)32-19-22-10-5-4-9-20(22)2)18-28-16-8-13-27-29-23-11-6-7-12-24(23)30-27/h4-7,9-12,14-15,17,28H,3,8,13,16,18-19H2,1-2H3,(H,29,30). The highest BCUT2D eigenvalue weighted by molar-refractivity contribution is 5.74. The number of hydrogen-bond donors (Lipinski definition) is 2. The number of nitrogens with one attached hydrogen (secondary N) is 2. The third-order valence-corrected chi connectivity index (χ3v) is 5.49. The summed E-state index contributed by atoms with van der Waals surface area (Å²) in [6.07, 6.45) is 1.95. The summed E-state index contributed by atoms with van der Waals surface area (Å²) in [4.78, 5) is 8.03. The summed E-state index contributed by atoms with van der Waals surface area (Å²) in [5.74, 6) is 2.62. The molecule has 4 aromatic rings. The summed E-state index contributed by atoms with van der Waals surface area (Å²) < 4.78 is 11.9. The fourth-order valence-corrected chi connectivity index (χ4v) is 3.72. The minimum atomic E-state index is 0.534. The van der Waals surface area contributed by atoms with Crippen molar-refractivity contribution < 1.29 is 9.47 Å². The fraction of sp³-hybridized carbons (Fsp3) is 0.296. The van der Waals surface area contributed by atoms with Crippen molar-refractivity contribution in [3.8, 4) is 11.5 Å².